The van der Waals surface area contributed by atoms with E-state index in [0.29, 0.717) is 16.1 Å². The van der Waals surface area contributed by atoms with Crippen LogP contribution in [0.4, 0.5) is 0 Å². The summed E-state index contributed by atoms with van der Waals surface area (Å²) >= 11 is 5.92. The van der Waals surface area contributed by atoms with Gasteiger partial charge in [0.15, 0.2) is 5.65 Å². The third-order valence-corrected chi connectivity index (χ3v) is 3.98. The fraction of sp³-hybridized carbons (Fsp3) is 0. The van der Waals surface area contributed by atoms with E-state index in [-0.39, 0.29) is 5.56 Å². The number of hydrogen-bond donors (Lipinski definition) is 1. The van der Waals surface area contributed by atoms with Crippen LogP contribution < -0.4 is 5.56 Å². The van der Waals surface area contributed by atoms with Crippen molar-refractivity contribution in [1.82, 2.24) is 14.8 Å². The zero-order valence-electron chi connectivity index (χ0n) is 12.0. The van der Waals surface area contributed by atoms with Crippen molar-refractivity contribution >= 4 is 22.6 Å². The molecule has 4 nitrogen and oxygen atoms in total. The summed E-state index contributed by atoms with van der Waals surface area (Å²) in [5.41, 5.74) is 3.08. The van der Waals surface area contributed by atoms with Crippen molar-refractivity contribution in [3.8, 4) is 16.8 Å². The van der Waals surface area contributed by atoms with Gasteiger partial charge in [0.1, 0.15) is 0 Å². The SMILES string of the molecule is O=c1c2cc(-c3ccc(Cl)cc3)cnc2[nH]n1-c1ccccc1. The molecule has 2 heterocycles. The number of nitrogens with one attached hydrogen (secondary N) is 1. The fourth-order valence-electron chi connectivity index (χ4n) is 2.55. The Morgan fingerprint density at radius 3 is 2.43 bits per heavy atom. The summed E-state index contributed by atoms with van der Waals surface area (Å²) in [5, 5.41) is 4.27. The van der Waals surface area contributed by atoms with Crippen molar-refractivity contribution in [3.63, 3.8) is 0 Å². The predicted octanol–water partition coefficient (Wildman–Crippen LogP) is 4.03. The normalized spacial score (nSPS) is 11.0. The molecule has 2 aromatic carbocycles. The molecule has 0 bridgehead atoms. The quantitative estimate of drug-likeness (QED) is 0.606. The van der Waals surface area contributed by atoms with Gasteiger partial charge in [0.25, 0.3) is 5.56 Å². The minimum Gasteiger partial charge on any atom is -0.274 e. The molecule has 2 aromatic heterocycles. The summed E-state index contributed by atoms with van der Waals surface area (Å²) in [7, 11) is 0. The molecule has 4 rings (SSSR count). The van der Waals surface area contributed by atoms with Crippen LogP contribution in [0.1, 0.15) is 0 Å². The fourth-order valence-corrected chi connectivity index (χ4v) is 2.68. The number of benzene rings is 2. The number of aromatic amines is 1. The zero-order chi connectivity index (χ0) is 15.8. The lowest BCUT2D eigenvalue weighted by Crippen LogP contribution is -2.13. The number of halogens is 1. The second-order valence-corrected chi connectivity index (χ2v) is 5.65. The van der Waals surface area contributed by atoms with E-state index in [1.165, 1.54) is 4.68 Å². The lowest BCUT2D eigenvalue weighted by molar-refractivity contribution is 0.858. The Kier molecular flexibility index (Phi) is 3.24. The van der Waals surface area contributed by atoms with Crippen LogP contribution >= 0.6 is 11.6 Å². The third kappa shape index (κ3) is 2.43. The average molecular weight is 322 g/mol. The van der Waals surface area contributed by atoms with Gasteiger partial charge in [-0.1, -0.05) is 41.9 Å². The first-order chi connectivity index (χ1) is 11.2. The van der Waals surface area contributed by atoms with Crippen molar-refractivity contribution in [3.05, 3.63) is 82.2 Å². The molecule has 4 aromatic rings. The summed E-state index contributed by atoms with van der Waals surface area (Å²) in [6, 6.07) is 18.7. The molecule has 0 saturated carbocycles. The first-order valence-electron chi connectivity index (χ1n) is 7.14. The highest BCUT2D eigenvalue weighted by atomic mass is 35.5. The number of rotatable bonds is 2. The molecule has 0 unspecified atom stereocenters. The highest BCUT2D eigenvalue weighted by Crippen LogP contribution is 2.23. The number of para-hydroxylation sites is 1. The number of aromatic nitrogens is 3. The molecule has 0 aliphatic heterocycles. The van der Waals surface area contributed by atoms with Gasteiger partial charge in [-0.25, -0.2) is 9.67 Å². The Hall–Kier alpha value is -2.85. The molecule has 0 saturated heterocycles. The van der Waals surface area contributed by atoms with E-state index in [2.05, 4.69) is 10.1 Å². The van der Waals surface area contributed by atoms with Crippen LogP contribution in [0.2, 0.25) is 5.02 Å². The second kappa shape index (κ2) is 5.41. The Morgan fingerprint density at radius 2 is 1.70 bits per heavy atom. The Balaban J connectivity index is 1.88. The monoisotopic (exact) mass is 321 g/mol. The summed E-state index contributed by atoms with van der Waals surface area (Å²) in [6.07, 6.45) is 1.75. The average Bonchev–Trinajstić information content (AvgIpc) is 2.93. The van der Waals surface area contributed by atoms with Crippen LogP contribution in [-0.2, 0) is 0 Å². The van der Waals surface area contributed by atoms with Gasteiger partial charge in [-0.15, -0.1) is 0 Å². The van der Waals surface area contributed by atoms with Crippen LogP contribution in [0.5, 0.6) is 0 Å². The van der Waals surface area contributed by atoms with Gasteiger partial charge in [0, 0.05) is 16.8 Å². The van der Waals surface area contributed by atoms with E-state index in [9.17, 15) is 4.79 Å². The molecule has 0 atom stereocenters. The van der Waals surface area contributed by atoms with E-state index in [1.807, 2.05) is 60.7 Å². The molecule has 0 spiro atoms. The number of hydrogen-bond acceptors (Lipinski definition) is 2. The summed E-state index contributed by atoms with van der Waals surface area (Å²) in [5.74, 6) is 0. The first kappa shape index (κ1) is 13.8. The number of fused-ring (bicyclic) bond motifs is 1. The van der Waals surface area contributed by atoms with Crippen LogP contribution in [0, 0.1) is 0 Å². The summed E-state index contributed by atoms with van der Waals surface area (Å²) in [6.45, 7) is 0. The maximum Gasteiger partial charge on any atom is 0.280 e. The lowest BCUT2D eigenvalue weighted by Gasteiger charge is -2.00. The van der Waals surface area contributed by atoms with E-state index < -0.39 is 0 Å². The number of H-pyrrole nitrogens is 1. The maximum absolute atomic E-state index is 12.6. The van der Waals surface area contributed by atoms with Gasteiger partial charge in [-0.2, -0.15) is 0 Å². The van der Waals surface area contributed by atoms with Crippen LogP contribution in [0.15, 0.2) is 71.7 Å². The van der Waals surface area contributed by atoms with Crippen molar-refractivity contribution < 1.29 is 0 Å². The lowest BCUT2D eigenvalue weighted by atomic mass is 10.1. The van der Waals surface area contributed by atoms with Crippen LogP contribution in [0.3, 0.4) is 0 Å². The predicted molar refractivity (Wildman–Crippen MR) is 92.1 cm³/mol. The molecule has 0 radical (unpaired) electrons. The Bertz CT molecular complexity index is 1030. The number of nitrogens with zero attached hydrogens (tertiary/aromatic N) is 2. The van der Waals surface area contributed by atoms with E-state index >= 15 is 0 Å². The van der Waals surface area contributed by atoms with Crippen molar-refractivity contribution in [1.29, 1.82) is 0 Å². The van der Waals surface area contributed by atoms with Gasteiger partial charge in [0.2, 0.25) is 0 Å². The van der Waals surface area contributed by atoms with E-state index in [4.69, 9.17) is 11.6 Å². The smallest absolute Gasteiger partial charge is 0.274 e. The van der Waals surface area contributed by atoms with E-state index in [1.54, 1.807) is 6.20 Å². The molecular formula is C18H12ClN3O. The van der Waals surface area contributed by atoms with Gasteiger partial charge in [-0.05, 0) is 35.9 Å². The minimum atomic E-state index is -0.116. The third-order valence-electron chi connectivity index (χ3n) is 3.73. The standard InChI is InChI=1S/C18H12ClN3O/c19-14-8-6-12(7-9-14)13-10-16-17(20-11-13)21-22(18(16)23)15-4-2-1-3-5-15/h1-11H,(H,20,21). The Labute approximate surface area is 137 Å². The topological polar surface area (TPSA) is 50.7 Å². The maximum atomic E-state index is 12.6. The van der Waals surface area contributed by atoms with Crippen molar-refractivity contribution in [2.24, 2.45) is 0 Å². The number of pyridine rings is 1. The van der Waals surface area contributed by atoms with Crippen molar-refractivity contribution in [2.45, 2.75) is 0 Å². The largest absolute Gasteiger partial charge is 0.280 e. The van der Waals surface area contributed by atoms with E-state index in [0.717, 1.165) is 16.8 Å². The van der Waals surface area contributed by atoms with Crippen molar-refractivity contribution in [2.75, 3.05) is 0 Å². The molecule has 0 amide bonds. The molecule has 0 aliphatic carbocycles. The molecule has 0 aliphatic rings. The highest BCUT2D eigenvalue weighted by molar-refractivity contribution is 6.30. The molecule has 0 fully saturated rings. The minimum absolute atomic E-state index is 0.116. The zero-order valence-corrected chi connectivity index (χ0v) is 12.8. The van der Waals surface area contributed by atoms with Gasteiger partial charge < -0.3 is 0 Å². The molecule has 23 heavy (non-hydrogen) atoms. The summed E-state index contributed by atoms with van der Waals surface area (Å²) < 4.78 is 1.50. The second-order valence-electron chi connectivity index (χ2n) is 5.21. The Morgan fingerprint density at radius 1 is 0.957 bits per heavy atom. The molecule has 1 N–H and O–H groups in total. The first-order valence-corrected chi connectivity index (χ1v) is 7.52. The highest BCUT2D eigenvalue weighted by Gasteiger charge is 2.10. The van der Waals surface area contributed by atoms with Gasteiger partial charge in [0.05, 0.1) is 11.1 Å². The molecule has 5 heteroatoms. The summed E-state index contributed by atoms with van der Waals surface area (Å²) in [4.78, 5) is 17.0. The van der Waals surface area contributed by atoms with Crippen LogP contribution in [-0.4, -0.2) is 14.8 Å². The van der Waals surface area contributed by atoms with Crippen LogP contribution in [0.25, 0.3) is 27.8 Å². The molecular weight excluding hydrogens is 310 g/mol. The van der Waals surface area contributed by atoms with Gasteiger partial charge in [-0.3, -0.25) is 9.89 Å². The molecule has 112 valence electrons. The van der Waals surface area contributed by atoms with Gasteiger partial charge >= 0.3 is 0 Å².